The van der Waals surface area contributed by atoms with Gasteiger partial charge < -0.3 is 5.32 Å². The highest BCUT2D eigenvalue weighted by Gasteiger charge is 2.07. The molecule has 0 aliphatic heterocycles. The second-order valence-corrected chi connectivity index (χ2v) is 4.45. The standard InChI is InChI=1S/C13H11BrN2O/c1-9-4-2-3-5-11(9)16-13(17)10-6-7-15-12(14)8-10/h2-8H,1H3,(H,16,17). The maximum absolute atomic E-state index is 12.0. The Morgan fingerprint density at radius 1 is 1.29 bits per heavy atom. The van der Waals surface area contributed by atoms with Crippen molar-refractivity contribution in [2.45, 2.75) is 6.92 Å². The number of aryl methyl sites for hydroxylation is 1. The number of carbonyl (C=O) groups excluding carboxylic acids is 1. The highest BCUT2D eigenvalue weighted by atomic mass is 79.9. The summed E-state index contributed by atoms with van der Waals surface area (Å²) < 4.78 is 0.648. The molecule has 0 spiro atoms. The summed E-state index contributed by atoms with van der Waals surface area (Å²) in [6.07, 6.45) is 1.59. The third-order valence-electron chi connectivity index (χ3n) is 2.38. The summed E-state index contributed by atoms with van der Waals surface area (Å²) in [4.78, 5) is 15.9. The molecule has 0 atom stereocenters. The molecule has 2 aromatic rings. The van der Waals surface area contributed by atoms with Crippen LogP contribution in [-0.4, -0.2) is 10.9 Å². The van der Waals surface area contributed by atoms with Crippen molar-refractivity contribution in [2.24, 2.45) is 0 Å². The summed E-state index contributed by atoms with van der Waals surface area (Å²) in [5.74, 6) is -0.137. The van der Waals surface area contributed by atoms with Gasteiger partial charge in [0.05, 0.1) is 0 Å². The number of nitrogens with zero attached hydrogens (tertiary/aromatic N) is 1. The first-order chi connectivity index (χ1) is 8.16. The first-order valence-corrected chi connectivity index (χ1v) is 5.94. The number of hydrogen-bond donors (Lipinski definition) is 1. The predicted octanol–water partition coefficient (Wildman–Crippen LogP) is 3.40. The maximum Gasteiger partial charge on any atom is 0.255 e. The van der Waals surface area contributed by atoms with Crippen molar-refractivity contribution >= 4 is 27.5 Å². The number of rotatable bonds is 2. The van der Waals surface area contributed by atoms with Gasteiger partial charge in [0, 0.05) is 17.4 Å². The van der Waals surface area contributed by atoms with E-state index in [9.17, 15) is 4.79 Å². The summed E-state index contributed by atoms with van der Waals surface area (Å²) in [6.45, 7) is 1.96. The number of carbonyl (C=O) groups is 1. The number of aromatic nitrogens is 1. The summed E-state index contributed by atoms with van der Waals surface area (Å²) in [6, 6.07) is 11.0. The van der Waals surface area contributed by atoms with Crippen LogP contribution in [0.4, 0.5) is 5.69 Å². The summed E-state index contributed by atoms with van der Waals surface area (Å²) in [7, 11) is 0. The lowest BCUT2D eigenvalue weighted by molar-refractivity contribution is 0.102. The molecular formula is C13H11BrN2O. The monoisotopic (exact) mass is 290 g/mol. The normalized spacial score (nSPS) is 10.0. The molecule has 0 radical (unpaired) electrons. The van der Waals surface area contributed by atoms with Gasteiger partial charge in [-0.15, -0.1) is 0 Å². The minimum absolute atomic E-state index is 0.137. The number of benzene rings is 1. The minimum atomic E-state index is -0.137. The van der Waals surface area contributed by atoms with E-state index < -0.39 is 0 Å². The van der Waals surface area contributed by atoms with Crippen molar-refractivity contribution in [1.29, 1.82) is 0 Å². The van der Waals surface area contributed by atoms with Gasteiger partial charge in [0.15, 0.2) is 0 Å². The Hall–Kier alpha value is -1.68. The zero-order valence-corrected chi connectivity index (χ0v) is 10.9. The van der Waals surface area contributed by atoms with Gasteiger partial charge in [-0.25, -0.2) is 4.98 Å². The molecule has 86 valence electrons. The van der Waals surface area contributed by atoms with Crippen LogP contribution in [0.15, 0.2) is 47.2 Å². The number of halogens is 1. The van der Waals surface area contributed by atoms with E-state index in [-0.39, 0.29) is 5.91 Å². The van der Waals surface area contributed by atoms with Crippen molar-refractivity contribution in [3.63, 3.8) is 0 Å². The highest BCUT2D eigenvalue weighted by molar-refractivity contribution is 9.10. The van der Waals surface area contributed by atoms with E-state index in [1.807, 2.05) is 31.2 Å². The fourth-order valence-electron chi connectivity index (χ4n) is 1.45. The summed E-state index contributed by atoms with van der Waals surface area (Å²) in [5.41, 5.74) is 2.44. The quantitative estimate of drug-likeness (QED) is 0.862. The van der Waals surface area contributed by atoms with Crippen molar-refractivity contribution in [2.75, 3.05) is 5.32 Å². The van der Waals surface area contributed by atoms with Crippen molar-refractivity contribution in [3.8, 4) is 0 Å². The van der Waals surface area contributed by atoms with E-state index in [0.29, 0.717) is 10.2 Å². The molecule has 0 unspecified atom stereocenters. The van der Waals surface area contributed by atoms with E-state index in [4.69, 9.17) is 0 Å². The Morgan fingerprint density at radius 2 is 2.06 bits per heavy atom. The molecule has 1 aromatic heterocycles. The second-order valence-electron chi connectivity index (χ2n) is 3.64. The van der Waals surface area contributed by atoms with Crippen LogP contribution >= 0.6 is 15.9 Å². The average molecular weight is 291 g/mol. The fraction of sp³-hybridized carbons (Fsp3) is 0.0769. The number of amides is 1. The fourth-order valence-corrected chi connectivity index (χ4v) is 1.82. The molecule has 0 aliphatic rings. The van der Waals surface area contributed by atoms with E-state index in [1.54, 1.807) is 18.3 Å². The highest BCUT2D eigenvalue weighted by Crippen LogP contribution is 2.15. The van der Waals surface area contributed by atoms with Gasteiger partial charge in [-0.1, -0.05) is 18.2 Å². The van der Waals surface area contributed by atoms with Crippen LogP contribution in [0.3, 0.4) is 0 Å². The molecule has 0 saturated carbocycles. The van der Waals surface area contributed by atoms with E-state index >= 15 is 0 Å². The van der Waals surface area contributed by atoms with Crippen LogP contribution in [-0.2, 0) is 0 Å². The third kappa shape index (κ3) is 2.91. The Morgan fingerprint density at radius 3 is 2.76 bits per heavy atom. The van der Waals surface area contributed by atoms with Gasteiger partial charge in [0.2, 0.25) is 0 Å². The molecule has 0 bridgehead atoms. The SMILES string of the molecule is Cc1ccccc1NC(=O)c1ccnc(Br)c1. The average Bonchev–Trinajstić information content (AvgIpc) is 2.32. The maximum atomic E-state index is 12.0. The predicted molar refractivity (Wildman–Crippen MR) is 71.1 cm³/mol. The zero-order chi connectivity index (χ0) is 12.3. The molecule has 17 heavy (non-hydrogen) atoms. The van der Waals surface area contributed by atoms with Gasteiger partial charge in [0.1, 0.15) is 4.60 Å². The Bertz CT molecular complexity index is 555. The summed E-state index contributed by atoms with van der Waals surface area (Å²) in [5, 5.41) is 2.87. The number of nitrogens with one attached hydrogen (secondary N) is 1. The van der Waals surface area contributed by atoms with Crippen molar-refractivity contribution in [1.82, 2.24) is 4.98 Å². The molecule has 1 N–H and O–H groups in total. The minimum Gasteiger partial charge on any atom is -0.322 e. The number of pyridine rings is 1. The molecule has 4 heteroatoms. The molecule has 3 nitrogen and oxygen atoms in total. The van der Waals surface area contributed by atoms with Gasteiger partial charge >= 0.3 is 0 Å². The molecule has 1 aromatic carbocycles. The van der Waals surface area contributed by atoms with Crippen LogP contribution in [0.25, 0.3) is 0 Å². The molecule has 1 amide bonds. The molecular weight excluding hydrogens is 280 g/mol. The van der Waals surface area contributed by atoms with Gasteiger partial charge in [-0.2, -0.15) is 0 Å². The third-order valence-corrected chi connectivity index (χ3v) is 2.82. The molecule has 0 aliphatic carbocycles. The van der Waals surface area contributed by atoms with Gasteiger partial charge in [0.25, 0.3) is 5.91 Å². The van der Waals surface area contributed by atoms with E-state index in [2.05, 4.69) is 26.2 Å². The smallest absolute Gasteiger partial charge is 0.255 e. The van der Waals surface area contributed by atoms with Crippen LogP contribution < -0.4 is 5.32 Å². The Labute approximate surface area is 108 Å². The largest absolute Gasteiger partial charge is 0.322 e. The topological polar surface area (TPSA) is 42.0 Å². The van der Waals surface area contributed by atoms with E-state index in [0.717, 1.165) is 11.3 Å². The van der Waals surface area contributed by atoms with Crippen molar-refractivity contribution in [3.05, 3.63) is 58.3 Å². The van der Waals surface area contributed by atoms with Gasteiger partial charge in [-0.3, -0.25) is 4.79 Å². The number of hydrogen-bond acceptors (Lipinski definition) is 2. The number of anilines is 1. The van der Waals surface area contributed by atoms with Crippen LogP contribution in [0.1, 0.15) is 15.9 Å². The summed E-state index contributed by atoms with van der Waals surface area (Å²) >= 11 is 3.24. The zero-order valence-electron chi connectivity index (χ0n) is 9.27. The van der Waals surface area contributed by atoms with Crippen LogP contribution in [0.2, 0.25) is 0 Å². The first-order valence-electron chi connectivity index (χ1n) is 5.15. The van der Waals surface area contributed by atoms with Gasteiger partial charge in [-0.05, 0) is 46.6 Å². The molecule has 2 rings (SSSR count). The molecule has 0 fully saturated rings. The Kier molecular flexibility index (Phi) is 3.54. The molecule has 0 saturated heterocycles. The Balaban J connectivity index is 2.20. The van der Waals surface area contributed by atoms with Crippen LogP contribution in [0.5, 0.6) is 0 Å². The lowest BCUT2D eigenvalue weighted by Crippen LogP contribution is -2.12. The molecule has 1 heterocycles. The second kappa shape index (κ2) is 5.10. The van der Waals surface area contributed by atoms with Crippen molar-refractivity contribution < 1.29 is 4.79 Å². The lowest BCUT2D eigenvalue weighted by atomic mass is 10.2. The van der Waals surface area contributed by atoms with Crippen LogP contribution in [0, 0.1) is 6.92 Å². The first kappa shape index (κ1) is 11.8. The van der Waals surface area contributed by atoms with E-state index in [1.165, 1.54) is 0 Å². The number of para-hydroxylation sites is 1. The lowest BCUT2D eigenvalue weighted by Gasteiger charge is -2.07.